The van der Waals surface area contributed by atoms with Crippen molar-refractivity contribution in [1.82, 2.24) is 0 Å². The van der Waals surface area contributed by atoms with Crippen molar-refractivity contribution in [2.75, 3.05) is 13.2 Å². The highest BCUT2D eigenvalue weighted by molar-refractivity contribution is 5.26. The van der Waals surface area contributed by atoms with Crippen molar-refractivity contribution in [1.29, 1.82) is 0 Å². The summed E-state index contributed by atoms with van der Waals surface area (Å²) in [7, 11) is 0. The second-order valence-electron chi connectivity index (χ2n) is 4.48. The second kappa shape index (κ2) is 4.81. The molecule has 1 aliphatic heterocycles. The van der Waals surface area contributed by atoms with Crippen molar-refractivity contribution in [2.24, 2.45) is 5.92 Å². The van der Waals surface area contributed by atoms with Gasteiger partial charge in [0.05, 0.1) is 12.7 Å². The Kier molecular flexibility index (Phi) is 3.42. The van der Waals surface area contributed by atoms with Crippen LogP contribution in [0.3, 0.4) is 0 Å². The molecule has 0 bridgehead atoms. The molecular formula is C14H18O2. The average Bonchev–Trinajstić information content (AvgIpc) is 2.73. The van der Waals surface area contributed by atoms with E-state index in [-0.39, 0.29) is 24.5 Å². The maximum atomic E-state index is 9.39. The molecule has 1 fully saturated rings. The predicted octanol–water partition coefficient (Wildman–Crippen LogP) is 2.35. The van der Waals surface area contributed by atoms with E-state index in [1.807, 2.05) is 25.1 Å². The third-order valence-corrected chi connectivity index (χ3v) is 3.23. The van der Waals surface area contributed by atoms with Crippen molar-refractivity contribution in [3.63, 3.8) is 0 Å². The maximum Gasteiger partial charge on any atom is 0.0852 e. The lowest BCUT2D eigenvalue weighted by atomic mass is 9.83. The number of hydrogen-bond donors (Lipinski definition) is 1. The lowest BCUT2D eigenvalue weighted by Gasteiger charge is -2.22. The fourth-order valence-corrected chi connectivity index (χ4v) is 2.42. The minimum Gasteiger partial charge on any atom is -0.396 e. The largest absolute Gasteiger partial charge is 0.396 e. The molecule has 0 radical (unpaired) electrons. The molecule has 0 amide bonds. The Bertz CT molecular complexity index is 358. The monoisotopic (exact) mass is 218 g/mol. The van der Waals surface area contributed by atoms with E-state index in [0.717, 1.165) is 5.57 Å². The van der Waals surface area contributed by atoms with E-state index in [1.165, 1.54) is 5.56 Å². The predicted molar refractivity (Wildman–Crippen MR) is 64.3 cm³/mol. The van der Waals surface area contributed by atoms with Gasteiger partial charge in [-0.2, -0.15) is 0 Å². The molecule has 0 unspecified atom stereocenters. The molecule has 2 rings (SSSR count). The molecule has 0 aromatic heterocycles. The van der Waals surface area contributed by atoms with E-state index in [9.17, 15) is 5.11 Å². The summed E-state index contributed by atoms with van der Waals surface area (Å²) >= 11 is 0. The summed E-state index contributed by atoms with van der Waals surface area (Å²) in [5.41, 5.74) is 2.26. The maximum absolute atomic E-state index is 9.39. The van der Waals surface area contributed by atoms with Gasteiger partial charge in [-0.15, -0.1) is 0 Å². The highest BCUT2D eigenvalue weighted by atomic mass is 16.5. The molecular weight excluding hydrogens is 200 g/mol. The summed E-state index contributed by atoms with van der Waals surface area (Å²) in [6.07, 6.45) is 0.0412. The molecule has 1 heterocycles. The first kappa shape index (κ1) is 11.4. The van der Waals surface area contributed by atoms with Crippen LogP contribution in [0.2, 0.25) is 0 Å². The first-order valence-electron chi connectivity index (χ1n) is 5.67. The Labute approximate surface area is 96.6 Å². The molecule has 1 N–H and O–H groups in total. The number of benzene rings is 1. The fraction of sp³-hybridized carbons (Fsp3) is 0.429. The van der Waals surface area contributed by atoms with Gasteiger partial charge in [0.25, 0.3) is 0 Å². The zero-order valence-electron chi connectivity index (χ0n) is 9.60. The van der Waals surface area contributed by atoms with Gasteiger partial charge in [0.2, 0.25) is 0 Å². The van der Waals surface area contributed by atoms with Gasteiger partial charge < -0.3 is 9.84 Å². The topological polar surface area (TPSA) is 29.5 Å². The minimum atomic E-state index is 0.0412. The highest BCUT2D eigenvalue weighted by Crippen LogP contribution is 2.38. The number of aliphatic hydroxyl groups excluding tert-OH is 1. The van der Waals surface area contributed by atoms with Crippen LogP contribution in [0.1, 0.15) is 18.4 Å². The van der Waals surface area contributed by atoms with E-state index >= 15 is 0 Å². The van der Waals surface area contributed by atoms with Crippen LogP contribution in [0.4, 0.5) is 0 Å². The number of aliphatic hydroxyl groups is 1. The molecule has 2 nitrogen and oxygen atoms in total. The summed E-state index contributed by atoms with van der Waals surface area (Å²) in [6.45, 7) is 6.75. The van der Waals surface area contributed by atoms with Gasteiger partial charge in [-0.1, -0.05) is 42.5 Å². The van der Waals surface area contributed by atoms with Gasteiger partial charge in [0.15, 0.2) is 0 Å². The van der Waals surface area contributed by atoms with Crippen LogP contribution >= 0.6 is 0 Å². The first-order chi connectivity index (χ1) is 7.74. The van der Waals surface area contributed by atoms with Gasteiger partial charge in [-0.3, -0.25) is 0 Å². The summed E-state index contributed by atoms with van der Waals surface area (Å²) in [4.78, 5) is 0. The Hall–Kier alpha value is -1.12. The van der Waals surface area contributed by atoms with Crippen molar-refractivity contribution >= 4 is 0 Å². The molecule has 1 aliphatic rings. The molecule has 0 spiro atoms. The molecule has 2 heteroatoms. The molecule has 16 heavy (non-hydrogen) atoms. The third-order valence-electron chi connectivity index (χ3n) is 3.23. The zero-order valence-corrected chi connectivity index (χ0v) is 9.60. The molecule has 86 valence electrons. The zero-order chi connectivity index (χ0) is 11.5. The second-order valence-corrected chi connectivity index (χ2v) is 4.48. The quantitative estimate of drug-likeness (QED) is 0.789. The molecule has 1 aromatic carbocycles. The molecule has 1 saturated heterocycles. The fourth-order valence-electron chi connectivity index (χ4n) is 2.42. The van der Waals surface area contributed by atoms with Crippen LogP contribution < -0.4 is 0 Å². The van der Waals surface area contributed by atoms with Crippen LogP contribution in [0.25, 0.3) is 0 Å². The Morgan fingerprint density at radius 2 is 2.12 bits per heavy atom. The van der Waals surface area contributed by atoms with E-state index in [2.05, 4.69) is 18.7 Å². The summed E-state index contributed by atoms with van der Waals surface area (Å²) in [5, 5.41) is 9.39. The van der Waals surface area contributed by atoms with Gasteiger partial charge in [-0.25, -0.2) is 0 Å². The lowest BCUT2D eigenvalue weighted by molar-refractivity contribution is 0.120. The lowest BCUT2D eigenvalue weighted by Crippen LogP contribution is -2.21. The van der Waals surface area contributed by atoms with Gasteiger partial charge in [0.1, 0.15) is 0 Å². The number of ether oxygens (including phenoxy) is 1. The third kappa shape index (κ3) is 2.04. The Balaban J connectivity index is 2.30. The van der Waals surface area contributed by atoms with Crippen molar-refractivity contribution in [3.8, 4) is 0 Å². The average molecular weight is 218 g/mol. The Morgan fingerprint density at radius 1 is 1.44 bits per heavy atom. The van der Waals surface area contributed by atoms with E-state index in [1.54, 1.807) is 0 Å². The SMILES string of the molecule is C=C(C)[C@H]1OC[C@@H](CO)[C@@H]1c1ccccc1. The van der Waals surface area contributed by atoms with Crippen LogP contribution in [0, 0.1) is 5.92 Å². The van der Waals surface area contributed by atoms with Crippen molar-refractivity contribution in [2.45, 2.75) is 18.9 Å². The number of rotatable bonds is 3. The smallest absolute Gasteiger partial charge is 0.0852 e. The van der Waals surface area contributed by atoms with Crippen LogP contribution in [-0.2, 0) is 4.74 Å². The summed E-state index contributed by atoms with van der Waals surface area (Å²) in [5.74, 6) is 0.424. The molecule has 1 aromatic rings. The van der Waals surface area contributed by atoms with Crippen LogP contribution in [-0.4, -0.2) is 24.4 Å². The highest BCUT2D eigenvalue weighted by Gasteiger charge is 2.37. The molecule has 3 atom stereocenters. The Morgan fingerprint density at radius 3 is 2.69 bits per heavy atom. The van der Waals surface area contributed by atoms with Crippen molar-refractivity contribution < 1.29 is 9.84 Å². The van der Waals surface area contributed by atoms with E-state index in [0.29, 0.717) is 6.61 Å². The van der Waals surface area contributed by atoms with Gasteiger partial charge in [-0.05, 0) is 12.5 Å². The molecule has 0 aliphatic carbocycles. The van der Waals surface area contributed by atoms with Gasteiger partial charge >= 0.3 is 0 Å². The minimum absolute atomic E-state index is 0.0412. The summed E-state index contributed by atoms with van der Waals surface area (Å²) < 4.78 is 5.73. The standard InChI is InChI=1S/C14H18O2/c1-10(2)14-13(12(8-15)9-16-14)11-6-4-3-5-7-11/h3-7,12-15H,1,8-9H2,2H3/t12-,13+,14-/m1/s1. The first-order valence-corrected chi connectivity index (χ1v) is 5.67. The van der Waals surface area contributed by atoms with E-state index in [4.69, 9.17) is 4.74 Å². The van der Waals surface area contributed by atoms with Crippen molar-refractivity contribution in [3.05, 3.63) is 48.0 Å². The van der Waals surface area contributed by atoms with Gasteiger partial charge in [0, 0.05) is 18.4 Å². The normalized spacial score (nSPS) is 29.2. The summed E-state index contributed by atoms with van der Waals surface area (Å²) in [6, 6.07) is 10.2. The van der Waals surface area contributed by atoms with Crippen LogP contribution in [0.5, 0.6) is 0 Å². The van der Waals surface area contributed by atoms with Crippen LogP contribution in [0.15, 0.2) is 42.5 Å². The number of hydrogen-bond acceptors (Lipinski definition) is 2. The molecule has 0 saturated carbocycles. The van der Waals surface area contributed by atoms with E-state index < -0.39 is 0 Å².